The minimum Gasteiger partial charge on any atom is -0.496 e. The van der Waals surface area contributed by atoms with E-state index in [4.69, 9.17) is 10.5 Å². The zero-order valence-corrected chi connectivity index (χ0v) is 10.6. The molecule has 0 radical (unpaired) electrons. The van der Waals surface area contributed by atoms with Crippen molar-refractivity contribution in [3.63, 3.8) is 0 Å². The van der Waals surface area contributed by atoms with E-state index in [1.54, 1.807) is 31.2 Å². The smallest absolute Gasteiger partial charge is 0.257 e. The number of hydrogen-bond donors (Lipinski definition) is 1. The van der Waals surface area contributed by atoms with E-state index in [2.05, 4.69) is 0 Å². The second-order valence-electron chi connectivity index (χ2n) is 4.23. The van der Waals surface area contributed by atoms with Gasteiger partial charge in [-0.1, -0.05) is 19.1 Å². The van der Waals surface area contributed by atoms with Gasteiger partial charge in [0.05, 0.1) is 12.7 Å². The molecule has 0 bridgehead atoms. The molecule has 2 N–H and O–H groups in total. The Balaban J connectivity index is 2.81. The molecule has 1 amide bonds. The molecule has 0 heterocycles. The van der Waals surface area contributed by atoms with Crippen molar-refractivity contribution in [2.24, 2.45) is 11.7 Å². The maximum absolute atomic E-state index is 12.2. The molecule has 0 spiro atoms. The SMILES string of the molecule is COc1ccccc1C(=O)N(C)CC(C)CN. The van der Waals surface area contributed by atoms with Gasteiger partial charge in [-0.25, -0.2) is 0 Å². The fourth-order valence-corrected chi connectivity index (χ4v) is 1.65. The average Bonchev–Trinajstić information content (AvgIpc) is 2.37. The largest absolute Gasteiger partial charge is 0.496 e. The molecule has 1 aromatic carbocycles. The topological polar surface area (TPSA) is 55.6 Å². The Kier molecular flexibility index (Phi) is 4.97. The first-order valence-corrected chi connectivity index (χ1v) is 5.68. The van der Waals surface area contributed by atoms with Crippen LogP contribution in [0.2, 0.25) is 0 Å². The standard InChI is InChI=1S/C13H20N2O2/c1-10(8-14)9-15(2)13(16)11-6-4-5-7-12(11)17-3/h4-7,10H,8-9,14H2,1-3H3. The van der Waals surface area contributed by atoms with Gasteiger partial charge in [0.1, 0.15) is 5.75 Å². The van der Waals surface area contributed by atoms with E-state index >= 15 is 0 Å². The van der Waals surface area contributed by atoms with Crippen molar-refractivity contribution in [3.8, 4) is 5.75 Å². The third-order valence-corrected chi connectivity index (χ3v) is 2.67. The molecule has 0 fully saturated rings. The lowest BCUT2D eigenvalue weighted by Crippen LogP contribution is -2.33. The highest BCUT2D eigenvalue weighted by molar-refractivity contribution is 5.96. The third-order valence-electron chi connectivity index (χ3n) is 2.67. The highest BCUT2D eigenvalue weighted by Gasteiger charge is 2.17. The first kappa shape index (κ1) is 13.5. The lowest BCUT2D eigenvalue weighted by Gasteiger charge is -2.21. The van der Waals surface area contributed by atoms with Crippen LogP contribution < -0.4 is 10.5 Å². The fourth-order valence-electron chi connectivity index (χ4n) is 1.65. The summed E-state index contributed by atoms with van der Waals surface area (Å²) in [7, 11) is 3.34. The van der Waals surface area contributed by atoms with Crippen LogP contribution in [0.5, 0.6) is 5.75 Å². The van der Waals surface area contributed by atoms with Gasteiger partial charge >= 0.3 is 0 Å². The van der Waals surface area contributed by atoms with Crippen LogP contribution in [-0.2, 0) is 0 Å². The molecule has 94 valence electrons. The number of nitrogens with two attached hydrogens (primary N) is 1. The van der Waals surface area contributed by atoms with Crippen LogP contribution >= 0.6 is 0 Å². The Morgan fingerprint density at radius 2 is 2.12 bits per heavy atom. The van der Waals surface area contributed by atoms with E-state index in [0.29, 0.717) is 30.3 Å². The Morgan fingerprint density at radius 3 is 2.71 bits per heavy atom. The summed E-state index contributed by atoms with van der Waals surface area (Å²) in [5.41, 5.74) is 6.14. The molecule has 0 aliphatic rings. The van der Waals surface area contributed by atoms with E-state index < -0.39 is 0 Å². The predicted octanol–water partition coefficient (Wildman–Crippen LogP) is 1.36. The number of benzene rings is 1. The van der Waals surface area contributed by atoms with E-state index in [1.807, 2.05) is 19.1 Å². The number of rotatable bonds is 5. The molecule has 1 atom stereocenters. The first-order chi connectivity index (χ1) is 8.10. The fraction of sp³-hybridized carbons (Fsp3) is 0.462. The van der Waals surface area contributed by atoms with E-state index in [-0.39, 0.29) is 5.91 Å². The van der Waals surface area contributed by atoms with Crippen molar-refractivity contribution in [1.29, 1.82) is 0 Å². The van der Waals surface area contributed by atoms with Crippen LogP contribution in [0.1, 0.15) is 17.3 Å². The summed E-state index contributed by atoms with van der Waals surface area (Å²) < 4.78 is 5.18. The van der Waals surface area contributed by atoms with Gasteiger partial charge in [0.2, 0.25) is 0 Å². The number of carbonyl (C=O) groups excluding carboxylic acids is 1. The molecule has 0 aliphatic heterocycles. The summed E-state index contributed by atoms with van der Waals surface area (Å²) in [6, 6.07) is 7.23. The van der Waals surface area contributed by atoms with Crippen LogP contribution in [0, 0.1) is 5.92 Å². The maximum atomic E-state index is 12.2. The number of hydrogen-bond acceptors (Lipinski definition) is 3. The van der Waals surface area contributed by atoms with Crippen LogP contribution in [0.15, 0.2) is 24.3 Å². The number of para-hydroxylation sites is 1. The highest BCUT2D eigenvalue weighted by Crippen LogP contribution is 2.19. The van der Waals surface area contributed by atoms with Gasteiger partial charge in [0.15, 0.2) is 0 Å². The summed E-state index contributed by atoms with van der Waals surface area (Å²) >= 11 is 0. The average molecular weight is 236 g/mol. The molecule has 4 nitrogen and oxygen atoms in total. The molecule has 0 saturated heterocycles. The van der Waals surface area contributed by atoms with Crippen molar-refractivity contribution in [3.05, 3.63) is 29.8 Å². The van der Waals surface area contributed by atoms with Crippen molar-refractivity contribution in [2.45, 2.75) is 6.92 Å². The van der Waals surface area contributed by atoms with E-state index in [1.165, 1.54) is 0 Å². The Bertz CT molecular complexity index is 379. The molecule has 1 unspecified atom stereocenters. The molecule has 0 saturated carbocycles. The van der Waals surface area contributed by atoms with Gasteiger partial charge in [-0.3, -0.25) is 4.79 Å². The number of methoxy groups -OCH3 is 1. The van der Waals surface area contributed by atoms with Crippen LogP contribution in [0.3, 0.4) is 0 Å². The van der Waals surface area contributed by atoms with Crippen LogP contribution in [0.25, 0.3) is 0 Å². The predicted molar refractivity (Wildman–Crippen MR) is 68.2 cm³/mol. The minimum absolute atomic E-state index is 0.0391. The number of ether oxygens (including phenoxy) is 1. The first-order valence-electron chi connectivity index (χ1n) is 5.68. The highest BCUT2D eigenvalue weighted by atomic mass is 16.5. The minimum atomic E-state index is -0.0391. The molecular weight excluding hydrogens is 216 g/mol. The van der Waals surface area contributed by atoms with Crippen LogP contribution in [-0.4, -0.2) is 38.1 Å². The molecule has 1 aromatic rings. The summed E-state index contributed by atoms with van der Waals surface area (Å²) in [4.78, 5) is 13.9. The Morgan fingerprint density at radius 1 is 1.47 bits per heavy atom. The van der Waals surface area contributed by atoms with Gasteiger partial charge < -0.3 is 15.4 Å². The summed E-state index contributed by atoms with van der Waals surface area (Å²) in [6.07, 6.45) is 0. The molecule has 1 rings (SSSR count). The van der Waals surface area contributed by atoms with Crippen LogP contribution in [0.4, 0.5) is 0 Å². The molecule has 0 aromatic heterocycles. The van der Waals surface area contributed by atoms with Crippen molar-refractivity contribution < 1.29 is 9.53 Å². The summed E-state index contributed by atoms with van der Waals surface area (Å²) in [5.74, 6) is 0.853. The molecular formula is C13H20N2O2. The monoisotopic (exact) mass is 236 g/mol. The Labute approximate surface area is 102 Å². The zero-order valence-electron chi connectivity index (χ0n) is 10.6. The number of amides is 1. The molecule has 17 heavy (non-hydrogen) atoms. The third kappa shape index (κ3) is 3.46. The lowest BCUT2D eigenvalue weighted by atomic mass is 10.1. The van der Waals surface area contributed by atoms with E-state index in [0.717, 1.165) is 0 Å². The molecule has 0 aliphatic carbocycles. The van der Waals surface area contributed by atoms with Crippen molar-refractivity contribution >= 4 is 5.91 Å². The Hall–Kier alpha value is -1.55. The zero-order chi connectivity index (χ0) is 12.8. The lowest BCUT2D eigenvalue weighted by molar-refractivity contribution is 0.0774. The number of carbonyl (C=O) groups is 1. The van der Waals surface area contributed by atoms with Gasteiger partial charge in [0.25, 0.3) is 5.91 Å². The summed E-state index contributed by atoms with van der Waals surface area (Å²) in [5, 5.41) is 0. The second-order valence-corrected chi connectivity index (χ2v) is 4.23. The van der Waals surface area contributed by atoms with Gasteiger partial charge in [-0.15, -0.1) is 0 Å². The summed E-state index contributed by atoms with van der Waals surface area (Å²) in [6.45, 7) is 3.24. The van der Waals surface area contributed by atoms with Gasteiger partial charge in [-0.2, -0.15) is 0 Å². The van der Waals surface area contributed by atoms with Gasteiger partial charge in [0, 0.05) is 13.6 Å². The van der Waals surface area contributed by atoms with Gasteiger partial charge in [-0.05, 0) is 24.6 Å². The quantitative estimate of drug-likeness (QED) is 0.840. The number of nitrogens with zero attached hydrogens (tertiary/aromatic N) is 1. The second kappa shape index (κ2) is 6.25. The maximum Gasteiger partial charge on any atom is 0.257 e. The van der Waals surface area contributed by atoms with Crippen molar-refractivity contribution in [1.82, 2.24) is 4.90 Å². The van der Waals surface area contributed by atoms with E-state index in [9.17, 15) is 4.79 Å². The molecule has 4 heteroatoms. The van der Waals surface area contributed by atoms with Crippen molar-refractivity contribution in [2.75, 3.05) is 27.2 Å². The normalized spacial score (nSPS) is 12.0.